The fourth-order valence-electron chi connectivity index (χ4n) is 1.02. The van der Waals surface area contributed by atoms with Crippen LogP contribution in [-0.4, -0.2) is 17.6 Å². The van der Waals surface area contributed by atoms with E-state index >= 15 is 0 Å². The Morgan fingerprint density at radius 1 is 1.60 bits per heavy atom. The van der Waals surface area contributed by atoms with Crippen molar-refractivity contribution in [1.29, 1.82) is 5.26 Å². The predicted molar refractivity (Wildman–Crippen MR) is 58.4 cm³/mol. The van der Waals surface area contributed by atoms with Gasteiger partial charge in [-0.1, -0.05) is 15.9 Å². The van der Waals surface area contributed by atoms with Crippen LogP contribution in [0.2, 0.25) is 0 Å². The van der Waals surface area contributed by atoms with Gasteiger partial charge in [-0.15, -0.1) is 0 Å². The number of rotatable bonds is 3. The zero-order valence-electron chi connectivity index (χ0n) is 7.83. The number of phenolic OH excluding ortho intramolecular Hbond substituents is 1. The molecule has 1 aromatic carbocycles. The third kappa shape index (κ3) is 3.26. The number of benzene rings is 1. The molecule has 0 saturated heterocycles. The first kappa shape index (κ1) is 11.5. The average molecular weight is 269 g/mol. The van der Waals surface area contributed by atoms with Gasteiger partial charge in [0.25, 0.3) is 5.91 Å². The Labute approximate surface area is 95.7 Å². The summed E-state index contributed by atoms with van der Waals surface area (Å²) >= 11 is 3.20. The van der Waals surface area contributed by atoms with Crippen molar-refractivity contribution in [1.82, 2.24) is 5.32 Å². The highest BCUT2D eigenvalue weighted by Crippen LogP contribution is 2.21. The maximum Gasteiger partial charge on any atom is 0.255 e. The number of carbonyl (C=O) groups excluding carboxylic acids is 1. The zero-order chi connectivity index (χ0) is 11.3. The average Bonchev–Trinajstić information content (AvgIpc) is 2.22. The van der Waals surface area contributed by atoms with Crippen LogP contribution in [0.5, 0.6) is 5.75 Å². The SMILES string of the molecule is N#CCCNC(=O)c1cc(Br)ccc1O. The third-order valence-electron chi connectivity index (χ3n) is 1.73. The van der Waals surface area contributed by atoms with E-state index in [4.69, 9.17) is 5.26 Å². The normalized spacial score (nSPS) is 9.33. The number of hydrogen-bond donors (Lipinski definition) is 2. The Morgan fingerprint density at radius 2 is 2.33 bits per heavy atom. The number of amides is 1. The molecule has 0 aliphatic carbocycles. The van der Waals surface area contributed by atoms with E-state index in [1.807, 2.05) is 6.07 Å². The van der Waals surface area contributed by atoms with Gasteiger partial charge in [0.05, 0.1) is 18.1 Å². The summed E-state index contributed by atoms with van der Waals surface area (Å²) in [6, 6.07) is 6.51. The molecule has 1 amide bonds. The van der Waals surface area contributed by atoms with Gasteiger partial charge in [-0.25, -0.2) is 0 Å². The number of nitrogens with zero attached hydrogens (tertiary/aromatic N) is 1. The molecule has 0 aromatic heterocycles. The molecule has 78 valence electrons. The standard InChI is InChI=1S/C10H9BrN2O2/c11-7-2-3-9(14)8(6-7)10(15)13-5-1-4-12/h2-3,6,14H,1,5H2,(H,13,15). The highest BCUT2D eigenvalue weighted by molar-refractivity contribution is 9.10. The summed E-state index contributed by atoms with van der Waals surface area (Å²) < 4.78 is 0.714. The molecule has 1 aromatic rings. The van der Waals surface area contributed by atoms with Gasteiger partial charge in [0, 0.05) is 11.0 Å². The minimum atomic E-state index is -0.385. The maximum absolute atomic E-state index is 11.5. The van der Waals surface area contributed by atoms with E-state index in [1.54, 1.807) is 6.07 Å². The molecular weight excluding hydrogens is 260 g/mol. The Hall–Kier alpha value is -1.54. The summed E-state index contributed by atoms with van der Waals surface area (Å²) in [4.78, 5) is 11.5. The third-order valence-corrected chi connectivity index (χ3v) is 2.22. The lowest BCUT2D eigenvalue weighted by Crippen LogP contribution is -2.24. The molecule has 0 fully saturated rings. The molecule has 0 saturated carbocycles. The monoisotopic (exact) mass is 268 g/mol. The van der Waals surface area contributed by atoms with Crippen LogP contribution in [0.1, 0.15) is 16.8 Å². The summed E-state index contributed by atoms with van der Waals surface area (Å²) in [5, 5.41) is 20.2. The lowest BCUT2D eigenvalue weighted by Gasteiger charge is -2.05. The molecule has 0 bridgehead atoms. The van der Waals surface area contributed by atoms with Crippen LogP contribution in [0.4, 0.5) is 0 Å². The Bertz CT molecular complexity index is 412. The second-order valence-electron chi connectivity index (χ2n) is 2.83. The largest absolute Gasteiger partial charge is 0.507 e. The molecular formula is C10H9BrN2O2. The lowest BCUT2D eigenvalue weighted by molar-refractivity contribution is 0.0952. The second-order valence-corrected chi connectivity index (χ2v) is 3.74. The van der Waals surface area contributed by atoms with E-state index in [0.717, 1.165) is 0 Å². The smallest absolute Gasteiger partial charge is 0.255 e. The number of nitrogens with one attached hydrogen (secondary N) is 1. The summed E-state index contributed by atoms with van der Waals surface area (Å²) in [7, 11) is 0. The second kappa shape index (κ2) is 5.37. The van der Waals surface area contributed by atoms with E-state index in [2.05, 4.69) is 21.2 Å². The molecule has 15 heavy (non-hydrogen) atoms. The molecule has 0 spiro atoms. The topological polar surface area (TPSA) is 73.1 Å². The van der Waals surface area contributed by atoms with Crippen LogP contribution in [0.25, 0.3) is 0 Å². The molecule has 0 aliphatic heterocycles. The van der Waals surface area contributed by atoms with Crippen LogP contribution in [0.3, 0.4) is 0 Å². The molecule has 0 aliphatic rings. The number of halogens is 1. The van der Waals surface area contributed by atoms with Crippen molar-refractivity contribution >= 4 is 21.8 Å². The minimum Gasteiger partial charge on any atom is -0.507 e. The summed E-state index contributed by atoms with van der Waals surface area (Å²) in [5.74, 6) is -0.461. The molecule has 0 radical (unpaired) electrons. The molecule has 0 unspecified atom stereocenters. The molecule has 0 atom stereocenters. The highest BCUT2D eigenvalue weighted by atomic mass is 79.9. The Morgan fingerprint density at radius 3 is 3.00 bits per heavy atom. The number of carbonyl (C=O) groups is 1. The number of hydrogen-bond acceptors (Lipinski definition) is 3. The van der Waals surface area contributed by atoms with Gasteiger partial charge < -0.3 is 10.4 Å². The number of phenols is 1. The summed E-state index contributed by atoms with van der Waals surface area (Å²) in [5.41, 5.74) is 0.197. The predicted octanol–water partition coefficient (Wildman–Crippen LogP) is 1.80. The molecule has 0 heterocycles. The first-order valence-corrected chi connectivity index (χ1v) is 5.08. The van der Waals surface area contributed by atoms with Gasteiger partial charge in [-0.3, -0.25) is 4.79 Å². The van der Waals surface area contributed by atoms with Gasteiger partial charge in [-0.05, 0) is 18.2 Å². The van der Waals surface area contributed by atoms with Gasteiger partial charge in [-0.2, -0.15) is 5.26 Å². The van der Waals surface area contributed by atoms with Crippen LogP contribution in [0.15, 0.2) is 22.7 Å². The van der Waals surface area contributed by atoms with Crippen molar-refractivity contribution < 1.29 is 9.90 Å². The van der Waals surface area contributed by atoms with Crippen molar-refractivity contribution in [2.75, 3.05) is 6.54 Å². The van der Waals surface area contributed by atoms with Crippen LogP contribution < -0.4 is 5.32 Å². The van der Waals surface area contributed by atoms with Gasteiger partial charge in [0.2, 0.25) is 0 Å². The summed E-state index contributed by atoms with van der Waals surface area (Å²) in [6.45, 7) is 0.279. The zero-order valence-corrected chi connectivity index (χ0v) is 9.41. The van der Waals surface area contributed by atoms with Crippen molar-refractivity contribution in [3.8, 4) is 11.8 Å². The fraction of sp³-hybridized carbons (Fsp3) is 0.200. The van der Waals surface area contributed by atoms with E-state index < -0.39 is 0 Å². The van der Waals surface area contributed by atoms with Crippen LogP contribution in [0, 0.1) is 11.3 Å². The van der Waals surface area contributed by atoms with Gasteiger partial charge in [0.1, 0.15) is 5.75 Å². The van der Waals surface area contributed by atoms with Gasteiger partial charge >= 0.3 is 0 Å². The molecule has 4 nitrogen and oxygen atoms in total. The van der Waals surface area contributed by atoms with Crippen molar-refractivity contribution in [3.05, 3.63) is 28.2 Å². The quantitative estimate of drug-likeness (QED) is 0.822. The number of aromatic hydroxyl groups is 1. The molecule has 5 heteroatoms. The number of nitriles is 1. The summed E-state index contributed by atoms with van der Waals surface area (Å²) in [6.07, 6.45) is 0.251. The lowest BCUT2D eigenvalue weighted by atomic mass is 10.2. The van der Waals surface area contributed by atoms with Crippen molar-refractivity contribution in [2.45, 2.75) is 6.42 Å². The van der Waals surface area contributed by atoms with E-state index in [0.29, 0.717) is 4.47 Å². The first-order valence-electron chi connectivity index (χ1n) is 4.29. The van der Waals surface area contributed by atoms with Crippen LogP contribution >= 0.6 is 15.9 Å². The fourth-order valence-corrected chi connectivity index (χ4v) is 1.38. The van der Waals surface area contributed by atoms with Gasteiger partial charge in [0.15, 0.2) is 0 Å². The Kier molecular flexibility index (Phi) is 4.13. The maximum atomic E-state index is 11.5. The van der Waals surface area contributed by atoms with Crippen molar-refractivity contribution in [3.63, 3.8) is 0 Å². The highest BCUT2D eigenvalue weighted by Gasteiger charge is 2.10. The van der Waals surface area contributed by atoms with Crippen LogP contribution in [-0.2, 0) is 0 Å². The minimum absolute atomic E-state index is 0.0762. The van der Waals surface area contributed by atoms with E-state index in [-0.39, 0.29) is 30.2 Å². The Balaban J connectivity index is 2.73. The van der Waals surface area contributed by atoms with E-state index in [9.17, 15) is 9.90 Å². The first-order chi connectivity index (χ1) is 7.15. The van der Waals surface area contributed by atoms with E-state index in [1.165, 1.54) is 12.1 Å². The molecule has 1 rings (SSSR count). The molecule has 2 N–H and O–H groups in total. The van der Waals surface area contributed by atoms with Crippen molar-refractivity contribution in [2.24, 2.45) is 0 Å².